The van der Waals surface area contributed by atoms with Gasteiger partial charge in [-0.3, -0.25) is 0 Å². The highest BCUT2D eigenvalue weighted by Crippen LogP contribution is 2.27. The number of ether oxygens (including phenoxy) is 1. The maximum atomic E-state index is 13.5. The standard InChI is InChI=1S/C11H14BrF2NO/c1-3-8(6-16-2)15-11-9(12)4-7(13)5-10(11)14/h4-5,8,15H,3,6H2,1-2H3. The Balaban J connectivity index is 2.87. The van der Waals surface area contributed by atoms with Crippen LogP contribution >= 0.6 is 15.9 Å². The van der Waals surface area contributed by atoms with Gasteiger partial charge < -0.3 is 10.1 Å². The van der Waals surface area contributed by atoms with Gasteiger partial charge in [-0.2, -0.15) is 0 Å². The van der Waals surface area contributed by atoms with E-state index in [9.17, 15) is 8.78 Å². The number of methoxy groups -OCH3 is 1. The first-order chi connectivity index (χ1) is 7.58. The topological polar surface area (TPSA) is 21.3 Å². The molecule has 0 heterocycles. The highest BCUT2D eigenvalue weighted by atomic mass is 79.9. The molecule has 0 aliphatic rings. The predicted molar refractivity (Wildman–Crippen MR) is 63.6 cm³/mol. The number of hydrogen-bond donors (Lipinski definition) is 1. The lowest BCUT2D eigenvalue weighted by Crippen LogP contribution is -2.24. The molecule has 0 bridgehead atoms. The van der Waals surface area contributed by atoms with E-state index in [1.165, 1.54) is 6.07 Å². The van der Waals surface area contributed by atoms with Gasteiger partial charge in [0.25, 0.3) is 0 Å². The molecule has 0 saturated carbocycles. The molecule has 1 atom stereocenters. The lowest BCUT2D eigenvalue weighted by atomic mass is 10.2. The van der Waals surface area contributed by atoms with Crippen molar-refractivity contribution in [3.8, 4) is 0 Å². The summed E-state index contributed by atoms with van der Waals surface area (Å²) in [7, 11) is 1.58. The fourth-order valence-electron chi connectivity index (χ4n) is 1.35. The average Bonchev–Trinajstić information content (AvgIpc) is 2.21. The number of hydrogen-bond acceptors (Lipinski definition) is 2. The van der Waals surface area contributed by atoms with E-state index >= 15 is 0 Å². The molecule has 5 heteroatoms. The first kappa shape index (κ1) is 13.4. The van der Waals surface area contributed by atoms with Crippen LogP contribution in [0, 0.1) is 11.6 Å². The summed E-state index contributed by atoms with van der Waals surface area (Å²) in [6.45, 7) is 2.44. The molecule has 0 saturated heterocycles. The summed E-state index contributed by atoms with van der Waals surface area (Å²) < 4.78 is 31.7. The van der Waals surface area contributed by atoms with E-state index in [2.05, 4.69) is 21.2 Å². The second-order valence-corrected chi connectivity index (χ2v) is 4.30. The minimum Gasteiger partial charge on any atom is -0.383 e. The van der Waals surface area contributed by atoms with E-state index in [1.54, 1.807) is 7.11 Å². The fourth-order valence-corrected chi connectivity index (χ4v) is 1.87. The number of nitrogens with one attached hydrogen (secondary N) is 1. The molecule has 0 spiro atoms. The van der Waals surface area contributed by atoms with E-state index in [-0.39, 0.29) is 11.7 Å². The van der Waals surface area contributed by atoms with Crippen molar-refractivity contribution >= 4 is 21.6 Å². The van der Waals surface area contributed by atoms with Gasteiger partial charge in [-0.15, -0.1) is 0 Å². The van der Waals surface area contributed by atoms with Crippen LogP contribution in [0.2, 0.25) is 0 Å². The van der Waals surface area contributed by atoms with Crippen molar-refractivity contribution in [1.29, 1.82) is 0 Å². The van der Waals surface area contributed by atoms with Crippen molar-refractivity contribution in [2.75, 3.05) is 19.0 Å². The highest BCUT2D eigenvalue weighted by molar-refractivity contribution is 9.10. The smallest absolute Gasteiger partial charge is 0.150 e. The van der Waals surface area contributed by atoms with Crippen LogP contribution in [0.15, 0.2) is 16.6 Å². The van der Waals surface area contributed by atoms with Crippen molar-refractivity contribution in [3.63, 3.8) is 0 Å². The van der Waals surface area contributed by atoms with Crippen LogP contribution in [-0.4, -0.2) is 19.8 Å². The molecule has 1 N–H and O–H groups in total. The largest absolute Gasteiger partial charge is 0.383 e. The summed E-state index contributed by atoms with van der Waals surface area (Å²) in [5.74, 6) is -1.21. The van der Waals surface area contributed by atoms with E-state index < -0.39 is 11.6 Å². The second kappa shape index (κ2) is 6.15. The molecule has 1 aromatic carbocycles. The van der Waals surface area contributed by atoms with E-state index in [0.717, 1.165) is 12.5 Å². The van der Waals surface area contributed by atoms with Gasteiger partial charge in [0, 0.05) is 23.7 Å². The van der Waals surface area contributed by atoms with Crippen LogP contribution in [-0.2, 0) is 4.74 Å². The molecule has 0 aromatic heterocycles. The molecular weight excluding hydrogens is 280 g/mol. The third-order valence-corrected chi connectivity index (χ3v) is 2.84. The Bertz CT molecular complexity index is 337. The van der Waals surface area contributed by atoms with Crippen LogP contribution in [0.25, 0.3) is 0 Å². The van der Waals surface area contributed by atoms with Crippen LogP contribution in [0.5, 0.6) is 0 Å². The fraction of sp³-hybridized carbons (Fsp3) is 0.455. The minimum absolute atomic E-state index is 0.00117. The van der Waals surface area contributed by atoms with Crippen LogP contribution < -0.4 is 5.32 Å². The van der Waals surface area contributed by atoms with Gasteiger partial charge in [-0.1, -0.05) is 6.92 Å². The Morgan fingerprint density at radius 3 is 2.62 bits per heavy atom. The molecule has 0 aliphatic carbocycles. The molecule has 2 nitrogen and oxygen atoms in total. The third kappa shape index (κ3) is 3.42. The molecule has 1 aromatic rings. The van der Waals surface area contributed by atoms with E-state index in [0.29, 0.717) is 11.1 Å². The van der Waals surface area contributed by atoms with Gasteiger partial charge in [0.1, 0.15) is 11.6 Å². The molecule has 0 radical (unpaired) electrons. The number of benzene rings is 1. The van der Waals surface area contributed by atoms with Crippen molar-refractivity contribution in [2.24, 2.45) is 0 Å². The van der Waals surface area contributed by atoms with Gasteiger partial charge in [0.15, 0.2) is 0 Å². The maximum Gasteiger partial charge on any atom is 0.150 e. The summed E-state index contributed by atoms with van der Waals surface area (Å²) in [4.78, 5) is 0. The summed E-state index contributed by atoms with van der Waals surface area (Å²) in [6, 6.07) is 2.08. The van der Waals surface area contributed by atoms with Gasteiger partial charge in [0.05, 0.1) is 12.3 Å². The molecule has 1 rings (SSSR count). The summed E-state index contributed by atoms with van der Waals surface area (Å²) in [6.07, 6.45) is 0.789. The average molecular weight is 294 g/mol. The quantitative estimate of drug-likeness (QED) is 0.896. The highest BCUT2D eigenvalue weighted by Gasteiger charge is 2.13. The number of rotatable bonds is 5. The predicted octanol–water partition coefficient (Wildman–Crippen LogP) is 3.56. The van der Waals surface area contributed by atoms with Crippen LogP contribution in [0.4, 0.5) is 14.5 Å². The summed E-state index contributed by atoms with van der Waals surface area (Å²) in [5.41, 5.74) is 0.269. The van der Waals surface area contributed by atoms with E-state index in [1.807, 2.05) is 6.92 Å². The lowest BCUT2D eigenvalue weighted by molar-refractivity contribution is 0.184. The Kier molecular flexibility index (Phi) is 5.15. The zero-order valence-electron chi connectivity index (χ0n) is 9.19. The number of anilines is 1. The van der Waals surface area contributed by atoms with Gasteiger partial charge >= 0.3 is 0 Å². The maximum absolute atomic E-state index is 13.5. The van der Waals surface area contributed by atoms with Crippen molar-refractivity contribution in [2.45, 2.75) is 19.4 Å². The summed E-state index contributed by atoms with van der Waals surface area (Å²) >= 11 is 3.12. The normalized spacial score (nSPS) is 12.6. The summed E-state index contributed by atoms with van der Waals surface area (Å²) in [5, 5.41) is 2.98. The Morgan fingerprint density at radius 2 is 2.12 bits per heavy atom. The van der Waals surface area contributed by atoms with Gasteiger partial charge in [0.2, 0.25) is 0 Å². The molecule has 16 heavy (non-hydrogen) atoms. The number of halogens is 3. The van der Waals surface area contributed by atoms with Gasteiger partial charge in [-0.05, 0) is 28.4 Å². The first-order valence-corrected chi connectivity index (χ1v) is 5.77. The third-order valence-electron chi connectivity index (χ3n) is 2.22. The Morgan fingerprint density at radius 1 is 1.44 bits per heavy atom. The van der Waals surface area contributed by atoms with E-state index in [4.69, 9.17) is 4.74 Å². The first-order valence-electron chi connectivity index (χ1n) is 4.98. The minimum atomic E-state index is -0.610. The van der Waals surface area contributed by atoms with Crippen LogP contribution in [0.1, 0.15) is 13.3 Å². The van der Waals surface area contributed by atoms with Crippen molar-refractivity contribution < 1.29 is 13.5 Å². The molecule has 0 aliphatic heterocycles. The Hall–Kier alpha value is -0.680. The zero-order chi connectivity index (χ0) is 12.1. The molecule has 90 valence electrons. The van der Waals surface area contributed by atoms with Gasteiger partial charge in [-0.25, -0.2) is 8.78 Å². The van der Waals surface area contributed by atoms with Crippen molar-refractivity contribution in [1.82, 2.24) is 0 Å². The lowest BCUT2D eigenvalue weighted by Gasteiger charge is -2.18. The molecule has 0 fully saturated rings. The second-order valence-electron chi connectivity index (χ2n) is 3.45. The Labute approximate surface area is 102 Å². The van der Waals surface area contributed by atoms with Crippen LogP contribution in [0.3, 0.4) is 0 Å². The SMILES string of the molecule is CCC(COC)Nc1c(F)cc(F)cc1Br. The van der Waals surface area contributed by atoms with Crippen molar-refractivity contribution in [3.05, 3.63) is 28.2 Å². The monoisotopic (exact) mass is 293 g/mol. The molecular formula is C11H14BrF2NO. The molecule has 1 unspecified atom stereocenters. The molecule has 0 amide bonds. The zero-order valence-corrected chi connectivity index (χ0v) is 10.8.